The molecule has 0 saturated heterocycles. The number of ether oxygens (including phenoxy) is 2. The number of hydrogen-bond donors (Lipinski definition) is 2. The number of benzene rings is 2. The van der Waals surface area contributed by atoms with Gasteiger partial charge in [-0.1, -0.05) is 30.3 Å². The number of hydrogen-bond acceptors (Lipinski definition) is 4. The first-order valence-electron chi connectivity index (χ1n) is 8.05. The monoisotopic (exact) mass is 362 g/mol. The maximum absolute atomic E-state index is 12.4. The molecule has 1 heterocycles. The van der Waals surface area contributed by atoms with Crippen molar-refractivity contribution < 1.29 is 14.3 Å². The lowest BCUT2D eigenvalue weighted by Gasteiger charge is -2.25. The Kier molecular flexibility index (Phi) is 6.67. The van der Waals surface area contributed by atoms with Gasteiger partial charge in [0.1, 0.15) is 18.1 Å². The van der Waals surface area contributed by atoms with Crippen LogP contribution in [0.1, 0.15) is 17.2 Å². The number of carbonyl (C=O) groups excluding carboxylic acids is 1. The summed E-state index contributed by atoms with van der Waals surface area (Å²) in [4.78, 5) is 12.4. The Bertz CT molecular complexity index is 709. The molecule has 0 radical (unpaired) electrons. The Morgan fingerprint density at radius 1 is 1.32 bits per heavy atom. The minimum Gasteiger partial charge on any atom is -0.497 e. The van der Waals surface area contributed by atoms with Gasteiger partial charge in [-0.25, -0.2) is 0 Å². The molecule has 0 aromatic heterocycles. The highest BCUT2D eigenvalue weighted by molar-refractivity contribution is 5.85. The molecule has 1 amide bonds. The molecule has 2 atom stereocenters. The van der Waals surface area contributed by atoms with Crippen molar-refractivity contribution in [2.75, 3.05) is 20.3 Å². The molecule has 0 bridgehead atoms. The molecule has 6 heteroatoms. The SMILES string of the molecule is COc1ccc2c(c1)CC(C(=O)NCC(N)c1ccccc1)CO2.Cl. The van der Waals surface area contributed by atoms with E-state index in [0.717, 1.165) is 22.6 Å². The van der Waals surface area contributed by atoms with Gasteiger partial charge in [-0.05, 0) is 35.7 Å². The van der Waals surface area contributed by atoms with Gasteiger partial charge in [0.25, 0.3) is 0 Å². The maximum Gasteiger partial charge on any atom is 0.226 e. The molecule has 0 fully saturated rings. The Labute approximate surface area is 153 Å². The van der Waals surface area contributed by atoms with Crippen LogP contribution < -0.4 is 20.5 Å². The molecule has 2 aromatic rings. The van der Waals surface area contributed by atoms with Gasteiger partial charge in [0.2, 0.25) is 5.91 Å². The van der Waals surface area contributed by atoms with Gasteiger partial charge in [0.15, 0.2) is 0 Å². The summed E-state index contributed by atoms with van der Waals surface area (Å²) in [6.45, 7) is 0.788. The fraction of sp³-hybridized carbons (Fsp3) is 0.316. The third kappa shape index (κ3) is 4.65. The smallest absolute Gasteiger partial charge is 0.226 e. The fourth-order valence-corrected chi connectivity index (χ4v) is 2.84. The number of nitrogens with two attached hydrogens (primary N) is 1. The van der Waals surface area contributed by atoms with Crippen LogP contribution in [-0.2, 0) is 11.2 Å². The van der Waals surface area contributed by atoms with Crippen LogP contribution in [0.5, 0.6) is 11.5 Å². The second-order valence-corrected chi connectivity index (χ2v) is 5.95. The number of amides is 1. The van der Waals surface area contributed by atoms with Crippen LogP contribution >= 0.6 is 12.4 Å². The van der Waals surface area contributed by atoms with E-state index in [9.17, 15) is 4.79 Å². The van der Waals surface area contributed by atoms with Gasteiger partial charge in [-0.2, -0.15) is 0 Å². The van der Waals surface area contributed by atoms with Gasteiger partial charge in [0, 0.05) is 12.6 Å². The third-order valence-corrected chi connectivity index (χ3v) is 4.27. The van der Waals surface area contributed by atoms with Gasteiger partial charge in [-0.3, -0.25) is 4.79 Å². The van der Waals surface area contributed by atoms with E-state index in [1.807, 2.05) is 48.5 Å². The van der Waals surface area contributed by atoms with Crippen molar-refractivity contribution in [1.29, 1.82) is 0 Å². The third-order valence-electron chi connectivity index (χ3n) is 4.27. The topological polar surface area (TPSA) is 73.6 Å². The zero-order chi connectivity index (χ0) is 16.9. The minimum absolute atomic E-state index is 0. The van der Waals surface area contributed by atoms with Crippen molar-refractivity contribution in [1.82, 2.24) is 5.32 Å². The summed E-state index contributed by atoms with van der Waals surface area (Å²) < 4.78 is 10.9. The van der Waals surface area contributed by atoms with Gasteiger partial charge >= 0.3 is 0 Å². The summed E-state index contributed by atoms with van der Waals surface area (Å²) in [7, 11) is 1.63. The average Bonchev–Trinajstić information content (AvgIpc) is 2.65. The summed E-state index contributed by atoms with van der Waals surface area (Å²) in [6, 6.07) is 15.2. The molecular weight excluding hydrogens is 340 g/mol. The number of nitrogens with one attached hydrogen (secondary N) is 1. The number of halogens is 1. The zero-order valence-corrected chi connectivity index (χ0v) is 14.9. The molecule has 5 nitrogen and oxygen atoms in total. The standard InChI is InChI=1S/C19H22N2O3.ClH/c1-23-16-7-8-18-14(10-16)9-15(12-24-18)19(22)21-11-17(20)13-5-3-2-4-6-13;/h2-8,10,15,17H,9,11-12,20H2,1H3,(H,21,22);1H. The summed E-state index contributed by atoms with van der Waals surface area (Å²) in [6.07, 6.45) is 0.638. The first-order chi connectivity index (χ1) is 11.7. The molecule has 1 aliphatic rings. The Balaban J connectivity index is 0.00000225. The Morgan fingerprint density at radius 3 is 2.80 bits per heavy atom. The molecule has 0 spiro atoms. The van der Waals surface area contributed by atoms with Crippen molar-refractivity contribution in [2.24, 2.45) is 11.7 Å². The average molecular weight is 363 g/mol. The largest absolute Gasteiger partial charge is 0.497 e. The predicted octanol–water partition coefficient (Wildman–Crippen LogP) is 2.48. The highest BCUT2D eigenvalue weighted by Gasteiger charge is 2.26. The number of fused-ring (bicyclic) bond motifs is 1. The van der Waals surface area contributed by atoms with Gasteiger partial charge < -0.3 is 20.5 Å². The van der Waals surface area contributed by atoms with Gasteiger partial charge in [0.05, 0.1) is 13.0 Å². The predicted molar refractivity (Wildman–Crippen MR) is 99.3 cm³/mol. The minimum atomic E-state index is -0.216. The molecule has 25 heavy (non-hydrogen) atoms. The summed E-state index contributed by atoms with van der Waals surface area (Å²) in [5.74, 6) is 1.34. The van der Waals surface area contributed by atoms with Crippen LogP contribution in [0.2, 0.25) is 0 Å². The summed E-state index contributed by atoms with van der Waals surface area (Å²) >= 11 is 0. The van der Waals surface area contributed by atoms with Crippen LogP contribution in [0.4, 0.5) is 0 Å². The maximum atomic E-state index is 12.4. The zero-order valence-electron chi connectivity index (χ0n) is 14.1. The lowest BCUT2D eigenvalue weighted by Crippen LogP contribution is -2.40. The van der Waals surface area contributed by atoms with Gasteiger partial charge in [-0.15, -0.1) is 12.4 Å². The first kappa shape index (κ1) is 19.1. The summed E-state index contributed by atoms with van der Waals surface area (Å²) in [5.41, 5.74) is 8.13. The lowest BCUT2D eigenvalue weighted by molar-refractivity contribution is -0.126. The van der Waals surface area contributed by atoms with Crippen LogP contribution in [0.3, 0.4) is 0 Å². The molecule has 2 aromatic carbocycles. The van der Waals surface area contributed by atoms with Crippen molar-refractivity contribution in [3.05, 3.63) is 59.7 Å². The van der Waals surface area contributed by atoms with Crippen LogP contribution in [0.15, 0.2) is 48.5 Å². The van der Waals surface area contributed by atoms with E-state index in [-0.39, 0.29) is 30.3 Å². The molecular formula is C19H23ClN2O3. The highest BCUT2D eigenvalue weighted by Crippen LogP contribution is 2.30. The number of rotatable bonds is 5. The second kappa shape index (κ2) is 8.74. The van der Waals surface area contributed by atoms with E-state index < -0.39 is 0 Å². The van der Waals surface area contributed by atoms with Crippen molar-refractivity contribution in [3.63, 3.8) is 0 Å². The van der Waals surface area contributed by atoms with Crippen LogP contribution in [0, 0.1) is 5.92 Å². The fourth-order valence-electron chi connectivity index (χ4n) is 2.84. The van der Waals surface area contributed by atoms with E-state index in [4.69, 9.17) is 15.2 Å². The summed E-state index contributed by atoms with van der Waals surface area (Å²) in [5, 5.41) is 2.93. The molecule has 3 rings (SSSR count). The van der Waals surface area contributed by atoms with E-state index in [2.05, 4.69) is 5.32 Å². The van der Waals surface area contributed by atoms with Crippen molar-refractivity contribution >= 4 is 18.3 Å². The highest BCUT2D eigenvalue weighted by atomic mass is 35.5. The molecule has 134 valence electrons. The normalized spacial score (nSPS) is 16.6. The second-order valence-electron chi connectivity index (χ2n) is 5.95. The quantitative estimate of drug-likeness (QED) is 0.857. The van der Waals surface area contributed by atoms with Crippen LogP contribution in [-0.4, -0.2) is 26.2 Å². The molecule has 3 N–H and O–H groups in total. The first-order valence-corrected chi connectivity index (χ1v) is 8.05. The molecule has 0 aliphatic carbocycles. The number of carbonyl (C=O) groups is 1. The van der Waals surface area contributed by atoms with Crippen molar-refractivity contribution in [2.45, 2.75) is 12.5 Å². The van der Waals surface area contributed by atoms with E-state index in [1.165, 1.54) is 0 Å². The Morgan fingerprint density at radius 2 is 2.08 bits per heavy atom. The van der Waals surface area contributed by atoms with Crippen LogP contribution in [0.25, 0.3) is 0 Å². The van der Waals surface area contributed by atoms with E-state index in [1.54, 1.807) is 7.11 Å². The van der Waals surface area contributed by atoms with Crippen molar-refractivity contribution in [3.8, 4) is 11.5 Å². The van der Waals surface area contributed by atoms with E-state index in [0.29, 0.717) is 19.6 Å². The lowest BCUT2D eigenvalue weighted by atomic mass is 9.95. The molecule has 1 aliphatic heterocycles. The number of methoxy groups -OCH3 is 1. The van der Waals surface area contributed by atoms with E-state index >= 15 is 0 Å². The molecule has 0 saturated carbocycles. The Hall–Kier alpha value is -2.24. The molecule has 2 unspecified atom stereocenters.